The van der Waals surface area contributed by atoms with Crippen molar-refractivity contribution in [3.63, 3.8) is 0 Å². The average Bonchev–Trinajstić information content (AvgIpc) is 1.94. The first-order valence-electron chi connectivity index (χ1n) is 2.82. The van der Waals surface area contributed by atoms with E-state index >= 15 is 0 Å². The summed E-state index contributed by atoms with van der Waals surface area (Å²) >= 11 is 1.93. The van der Waals surface area contributed by atoms with Gasteiger partial charge in [-0.3, -0.25) is 4.21 Å². The van der Waals surface area contributed by atoms with Gasteiger partial charge in [-0.2, -0.15) is 11.8 Å². The van der Waals surface area contributed by atoms with E-state index in [0.717, 1.165) is 23.7 Å². The average molecular weight is 150 g/mol. The van der Waals surface area contributed by atoms with E-state index < -0.39 is 10.8 Å². The van der Waals surface area contributed by atoms with E-state index in [0.29, 0.717) is 0 Å². The molecule has 3 heteroatoms. The van der Waals surface area contributed by atoms with Gasteiger partial charge in [0.15, 0.2) is 0 Å². The molecule has 1 rings (SSSR count). The van der Waals surface area contributed by atoms with Crippen molar-refractivity contribution in [2.75, 3.05) is 23.0 Å². The van der Waals surface area contributed by atoms with Gasteiger partial charge in [0.25, 0.3) is 0 Å². The van der Waals surface area contributed by atoms with Gasteiger partial charge in [0.1, 0.15) is 0 Å². The van der Waals surface area contributed by atoms with Gasteiger partial charge in [-0.05, 0) is 12.2 Å². The highest BCUT2D eigenvalue weighted by atomic mass is 32.2. The Hall–Kier alpha value is 0.500. The van der Waals surface area contributed by atoms with Crippen LogP contribution in [-0.4, -0.2) is 27.2 Å². The van der Waals surface area contributed by atoms with Crippen LogP contribution in [0.3, 0.4) is 0 Å². The molecule has 48 valence electrons. The number of hydrogen-bond acceptors (Lipinski definition) is 2. The molecule has 0 N–H and O–H groups in total. The van der Waals surface area contributed by atoms with E-state index in [2.05, 4.69) is 0 Å². The first-order chi connectivity index (χ1) is 3.89. The molecule has 0 aliphatic carbocycles. The molecule has 1 nitrogen and oxygen atoms in total. The molecular weight excluding hydrogens is 140 g/mol. The highest BCUT2D eigenvalue weighted by Gasteiger charge is 2.03. The third-order valence-electron chi connectivity index (χ3n) is 1.12. The lowest BCUT2D eigenvalue weighted by atomic mass is 10.6. The Bertz CT molecular complexity index is 82.4. The van der Waals surface area contributed by atoms with E-state index in [9.17, 15) is 4.21 Å². The third-order valence-corrected chi connectivity index (χ3v) is 3.85. The topological polar surface area (TPSA) is 17.1 Å². The fourth-order valence-corrected chi connectivity index (χ4v) is 3.30. The minimum Gasteiger partial charge on any atom is -0.260 e. The Morgan fingerprint density at radius 1 is 1.25 bits per heavy atom. The van der Waals surface area contributed by atoms with Crippen LogP contribution in [0.15, 0.2) is 0 Å². The van der Waals surface area contributed by atoms with Crippen LogP contribution in [0.2, 0.25) is 0 Å². The highest BCUT2D eigenvalue weighted by Crippen LogP contribution is 2.08. The van der Waals surface area contributed by atoms with Gasteiger partial charge >= 0.3 is 0 Å². The Kier molecular flexibility index (Phi) is 2.90. The molecule has 0 saturated carbocycles. The lowest BCUT2D eigenvalue weighted by Gasteiger charge is -1.88. The smallest absolute Gasteiger partial charge is 0.0325 e. The van der Waals surface area contributed by atoms with Crippen LogP contribution in [0.4, 0.5) is 0 Å². The second kappa shape index (κ2) is 3.51. The fourth-order valence-electron chi connectivity index (χ4n) is 0.678. The standard InChI is InChI=1S/C5H10OS2/c6-8-4-1-2-7-3-5-8/h1-5H2. The highest BCUT2D eigenvalue weighted by molar-refractivity contribution is 8.00. The van der Waals surface area contributed by atoms with Crippen LogP contribution in [0.5, 0.6) is 0 Å². The summed E-state index contributed by atoms with van der Waals surface area (Å²) in [5.41, 5.74) is 0. The first kappa shape index (κ1) is 6.62. The molecule has 0 aromatic heterocycles. The largest absolute Gasteiger partial charge is 0.260 e. The van der Waals surface area contributed by atoms with Gasteiger partial charge in [-0.25, -0.2) is 0 Å². The summed E-state index contributed by atoms with van der Waals surface area (Å²) in [6.45, 7) is 0. The van der Waals surface area contributed by atoms with Crippen LogP contribution in [0.1, 0.15) is 6.42 Å². The monoisotopic (exact) mass is 150 g/mol. The molecule has 1 unspecified atom stereocenters. The lowest BCUT2D eigenvalue weighted by molar-refractivity contribution is 0.683. The maximum absolute atomic E-state index is 10.8. The van der Waals surface area contributed by atoms with Crippen molar-refractivity contribution >= 4 is 22.6 Å². The van der Waals surface area contributed by atoms with Crippen LogP contribution in [0.25, 0.3) is 0 Å². The van der Waals surface area contributed by atoms with E-state index in [4.69, 9.17) is 0 Å². The Morgan fingerprint density at radius 2 is 2.12 bits per heavy atom. The number of thioether (sulfide) groups is 1. The Labute approximate surface area is 56.7 Å². The Morgan fingerprint density at radius 3 is 3.00 bits per heavy atom. The molecule has 1 heterocycles. The molecule has 0 amide bonds. The van der Waals surface area contributed by atoms with Gasteiger partial charge < -0.3 is 0 Å². The zero-order valence-electron chi connectivity index (χ0n) is 4.76. The van der Waals surface area contributed by atoms with E-state index in [1.54, 1.807) is 0 Å². The maximum atomic E-state index is 10.8. The molecule has 0 aromatic carbocycles. The molecule has 8 heavy (non-hydrogen) atoms. The molecule has 0 aromatic rings. The zero-order valence-corrected chi connectivity index (χ0v) is 6.39. The quantitative estimate of drug-likeness (QED) is 0.510. The van der Waals surface area contributed by atoms with Gasteiger partial charge in [0.05, 0.1) is 0 Å². The summed E-state index contributed by atoms with van der Waals surface area (Å²) < 4.78 is 10.8. The van der Waals surface area contributed by atoms with Gasteiger partial charge in [0.2, 0.25) is 0 Å². The van der Waals surface area contributed by atoms with Crippen molar-refractivity contribution in [3.8, 4) is 0 Å². The summed E-state index contributed by atoms with van der Waals surface area (Å²) in [5, 5.41) is 0. The molecule has 1 saturated heterocycles. The van der Waals surface area contributed by atoms with Crippen LogP contribution >= 0.6 is 11.8 Å². The van der Waals surface area contributed by atoms with Crippen molar-refractivity contribution < 1.29 is 4.21 Å². The van der Waals surface area contributed by atoms with Gasteiger partial charge in [-0.15, -0.1) is 0 Å². The van der Waals surface area contributed by atoms with Crippen molar-refractivity contribution in [3.05, 3.63) is 0 Å². The summed E-state index contributed by atoms with van der Waals surface area (Å²) in [4.78, 5) is 0. The summed E-state index contributed by atoms with van der Waals surface area (Å²) in [6, 6.07) is 0. The van der Waals surface area contributed by atoms with Crippen molar-refractivity contribution in [1.29, 1.82) is 0 Å². The van der Waals surface area contributed by atoms with E-state index in [-0.39, 0.29) is 0 Å². The maximum Gasteiger partial charge on any atom is 0.0325 e. The SMILES string of the molecule is O=S1CCCSCC1. The van der Waals surface area contributed by atoms with E-state index in [1.807, 2.05) is 11.8 Å². The molecule has 1 aliphatic rings. The van der Waals surface area contributed by atoms with Crippen LogP contribution in [-0.2, 0) is 10.8 Å². The third kappa shape index (κ3) is 2.18. The number of hydrogen-bond donors (Lipinski definition) is 0. The predicted octanol–water partition coefficient (Wildman–Crippen LogP) is 0.872. The van der Waals surface area contributed by atoms with Crippen molar-refractivity contribution in [2.45, 2.75) is 6.42 Å². The molecule has 1 aliphatic heterocycles. The molecule has 0 bridgehead atoms. The second-order valence-corrected chi connectivity index (χ2v) is 4.73. The summed E-state index contributed by atoms with van der Waals surface area (Å²) in [5.74, 6) is 4.18. The summed E-state index contributed by atoms with van der Waals surface area (Å²) in [6.07, 6.45) is 1.15. The lowest BCUT2D eigenvalue weighted by Crippen LogP contribution is -2.00. The normalized spacial score (nSPS) is 31.8. The van der Waals surface area contributed by atoms with Gasteiger partial charge in [0, 0.05) is 28.1 Å². The van der Waals surface area contributed by atoms with Gasteiger partial charge in [-0.1, -0.05) is 0 Å². The van der Waals surface area contributed by atoms with Crippen molar-refractivity contribution in [2.24, 2.45) is 0 Å². The number of rotatable bonds is 0. The fraction of sp³-hybridized carbons (Fsp3) is 1.00. The zero-order chi connectivity index (χ0) is 5.82. The minimum absolute atomic E-state index is 0.478. The summed E-state index contributed by atoms with van der Waals surface area (Å²) in [7, 11) is -0.478. The molecule has 0 spiro atoms. The Balaban J connectivity index is 2.27. The molecule has 0 radical (unpaired) electrons. The van der Waals surface area contributed by atoms with Crippen LogP contribution in [0, 0.1) is 0 Å². The van der Waals surface area contributed by atoms with Crippen LogP contribution < -0.4 is 0 Å². The second-order valence-electron chi connectivity index (χ2n) is 1.81. The first-order valence-corrected chi connectivity index (χ1v) is 5.46. The van der Waals surface area contributed by atoms with E-state index in [1.165, 1.54) is 5.75 Å². The molecule has 1 atom stereocenters. The minimum atomic E-state index is -0.478. The molecule has 1 fully saturated rings. The van der Waals surface area contributed by atoms with Crippen molar-refractivity contribution in [1.82, 2.24) is 0 Å². The molecular formula is C5H10OS2. The predicted molar refractivity (Wildman–Crippen MR) is 39.8 cm³/mol.